The van der Waals surface area contributed by atoms with Gasteiger partial charge < -0.3 is 10.6 Å². The maximum absolute atomic E-state index is 12.5. The molecule has 2 heterocycles. The lowest BCUT2D eigenvalue weighted by Gasteiger charge is -2.16. The molecule has 4 rings (SSSR count). The number of ketones is 1. The minimum Gasteiger partial charge on any atom is -0.321 e. The van der Waals surface area contributed by atoms with Gasteiger partial charge in [0.25, 0.3) is 5.91 Å². The van der Waals surface area contributed by atoms with E-state index >= 15 is 0 Å². The molecule has 0 fully saturated rings. The molecule has 1 aromatic heterocycles. The highest BCUT2D eigenvalue weighted by Crippen LogP contribution is 2.25. The zero-order valence-electron chi connectivity index (χ0n) is 12.7. The highest BCUT2D eigenvalue weighted by molar-refractivity contribution is 6.05. The number of nitrogens with one attached hydrogen (secondary N) is 3. The van der Waals surface area contributed by atoms with Gasteiger partial charge in [-0.1, -0.05) is 6.07 Å². The van der Waals surface area contributed by atoms with Crippen LogP contribution >= 0.6 is 0 Å². The fraction of sp³-hybridized carbons (Fsp3) is 0.353. The van der Waals surface area contributed by atoms with Crippen LogP contribution in [0.1, 0.15) is 50.5 Å². The van der Waals surface area contributed by atoms with Crippen molar-refractivity contribution in [3.63, 3.8) is 0 Å². The Morgan fingerprint density at radius 1 is 1.22 bits per heavy atom. The van der Waals surface area contributed by atoms with E-state index in [-0.39, 0.29) is 11.7 Å². The number of Topliss-reactive ketones (excluding diaryl/α,β-unsaturated/α-hetero) is 1. The van der Waals surface area contributed by atoms with Crippen LogP contribution in [0.25, 0.3) is 0 Å². The number of nitrogens with zero attached hydrogens (tertiary/aromatic N) is 1. The molecule has 0 spiro atoms. The highest BCUT2D eigenvalue weighted by Gasteiger charge is 2.22. The minimum absolute atomic E-state index is 0.156. The molecule has 118 valence electrons. The van der Waals surface area contributed by atoms with Crippen LogP contribution in [-0.2, 0) is 19.4 Å². The zero-order valence-corrected chi connectivity index (χ0v) is 12.7. The second-order valence-corrected chi connectivity index (χ2v) is 6.06. The van der Waals surface area contributed by atoms with Crippen molar-refractivity contribution in [1.29, 1.82) is 0 Å². The summed E-state index contributed by atoms with van der Waals surface area (Å²) in [4.78, 5) is 24.5. The number of hydrogen-bond acceptors (Lipinski definition) is 4. The Bertz CT molecular complexity index is 794. The number of H-pyrrole nitrogens is 1. The summed E-state index contributed by atoms with van der Waals surface area (Å²) in [6, 6.07) is 5.57. The fourth-order valence-corrected chi connectivity index (χ4v) is 3.31. The average Bonchev–Trinajstić information content (AvgIpc) is 3.00. The van der Waals surface area contributed by atoms with Crippen LogP contribution in [0, 0.1) is 0 Å². The van der Waals surface area contributed by atoms with Gasteiger partial charge in [-0.3, -0.25) is 14.7 Å². The van der Waals surface area contributed by atoms with E-state index in [0.29, 0.717) is 24.3 Å². The summed E-state index contributed by atoms with van der Waals surface area (Å²) < 4.78 is 0. The Balaban J connectivity index is 1.58. The molecule has 6 nitrogen and oxygen atoms in total. The van der Waals surface area contributed by atoms with Gasteiger partial charge in [-0.2, -0.15) is 5.10 Å². The molecule has 2 aliphatic rings. The third-order valence-electron chi connectivity index (χ3n) is 4.54. The van der Waals surface area contributed by atoms with Gasteiger partial charge in [0.2, 0.25) is 0 Å². The predicted molar refractivity (Wildman–Crippen MR) is 85.7 cm³/mol. The first-order valence-corrected chi connectivity index (χ1v) is 7.96. The van der Waals surface area contributed by atoms with Crippen molar-refractivity contribution >= 4 is 17.4 Å². The summed E-state index contributed by atoms with van der Waals surface area (Å²) in [5, 5.41) is 13.2. The largest absolute Gasteiger partial charge is 0.321 e. The van der Waals surface area contributed by atoms with Crippen LogP contribution in [0.3, 0.4) is 0 Å². The number of amides is 1. The van der Waals surface area contributed by atoms with E-state index in [1.54, 1.807) is 6.07 Å². The Kier molecular flexibility index (Phi) is 3.46. The van der Waals surface area contributed by atoms with Gasteiger partial charge in [0.1, 0.15) is 0 Å². The monoisotopic (exact) mass is 310 g/mol. The molecule has 0 radical (unpaired) electrons. The maximum atomic E-state index is 12.5. The van der Waals surface area contributed by atoms with E-state index in [2.05, 4.69) is 20.8 Å². The van der Waals surface area contributed by atoms with Gasteiger partial charge in [-0.15, -0.1) is 0 Å². The van der Waals surface area contributed by atoms with Crippen LogP contribution < -0.4 is 10.6 Å². The summed E-state index contributed by atoms with van der Waals surface area (Å²) in [6.45, 7) is 1.54. The van der Waals surface area contributed by atoms with E-state index in [9.17, 15) is 9.59 Å². The second-order valence-electron chi connectivity index (χ2n) is 6.06. The summed E-state index contributed by atoms with van der Waals surface area (Å²) in [7, 11) is 0. The number of anilines is 1. The molecular formula is C17H18N4O2. The van der Waals surface area contributed by atoms with Crippen LogP contribution in [-0.4, -0.2) is 28.4 Å². The van der Waals surface area contributed by atoms with E-state index in [1.807, 2.05) is 12.1 Å². The van der Waals surface area contributed by atoms with Gasteiger partial charge in [-0.05, 0) is 30.5 Å². The van der Waals surface area contributed by atoms with Crippen molar-refractivity contribution in [2.24, 2.45) is 0 Å². The Hall–Kier alpha value is -2.47. The fourth-order valence-electron chi connectivity index (χ4n) is 3.31. The van der Waals surface area contributed by atoms with E-state index in [1.165, 1.54) is 0 Å². The number of carbonyl (C=O) groups excluding carboxylic acids is 2. The number of aromatic amines is 1. The zero-order chi connectivity index (χ0) is 15.8. The van der Waals surface area contributed by atoms with E-state index in [4.69, 9.17) is 0 Å². The highest BCUT2D eigenvalue weighted by atomic mass is 16.2. The molecule has 0 saturated carbocycles. The number of fused-ring (bicyclic) bond motifs is 2. The van der Waals surface area contributed by atoms with Crippen LogP contribution in [0.15, 0.2) is 18.2 Å². The standard InChI is InChI=1S/C17H18N4O2/c22-15-3-1-2-10-4-5-11(8-12(10)15)19-17(23)16-13-9-18-7-6-14(13)20-21-16/h4-5,8,18H,1-3,6-7,9H2,(H,19,23)(H,20,21). The Morgan fingerprint density at radius 3 is 3.04 bits per heavy atom. The van der Waals surface area contributed by atoms with Crippen molar-refractivity contribution in [2.75, 3.05) is 11.9 Å². The minimum atomic E-state index is -0.241. The number of benzene rings is 1. The normalized spacial score (nSPS) is 16.6. The van der Waals surface area contributed by atoms with Gasteiger partial charge in [0.15, 0.2) is 11.5 Å². The van der Waals surface area contributed by atoms with Crippen LogP contribution in [0.4, 0.5) is 5.69 Å². The molecule has 23 heavy (non-hydrogen) atoms. The van der Waals surface area contributed by atoms with Gasteiger partial charge in [0.05, 0.1) is 0 Å². The number of carbonyl (C=O) groups is 2. The quantitative estimate of drug-likeness (QED) is 0.790. The lowest BCUT2D eigenvalue weighted by Crippen LogP contribution is -2.25. The molecule has 3 N–H and O–H groups in total. The topological polar surface area (TPSA) is 86.9 Å². The van der Waals surface area contributed by atoms with Gasteiger partial charge >= 0.3 is 0 Å². The molecule has 6 heteroatoms. The third-order valence-corrected chi connectivity index (χ3v) is 4.54. The summed E-state index contributed by atoms with van der Waals surface area (Å²) in [6.07, 6.45) is 3.27. The van der Waals surface area contributed by atoms with Crippen molar-refractivity contribution in [1.82, 2.24) is 15.5 Å². The Morgan fingerprint density at radius 2 is 2.13 bits per heavy atom. The van der Waals surface area contributed by atoms with E-state index < -0.39 is 0 Å². The van der Waals surface area contributed by atoms with Gasteiger partial charge in [-0.25, -0.2) is 0 Å². The molecule has 1 amide bonds. The molecular weight excluding hydrogens is 292 g/mol. The number of aromatic nitrogens is 2. The van der Waals surface area contributed by atoms with Crippen LogP contribution in [0.2, 0.25) is 0 Å². The molecule has 0 saturated heterocycles. The second kappa shape index (κ2) is 5.62. The first kappa shape index (κ1) is 14.1. The SMILES string of the molecule is O=C1CCCc2ccc(NC(=O)c3n[nH]c4c3CNCC4)cc21. The molecule has 1 aromatic carbocycles. The van der Waals surface area contributed by atoms with Gasteiger partial charge in [0, 0.05) is 48.4 Å². The smallest absolute Gasteiger partial charge is 0.276 e. The number of aryl methyl sites for hydroxylation is 1. The molecule has 0 unspecified atom stereocenters. The number of rotatable bonds is 2. The Labute approximate surface area is 133 Å². The lowest BCUT2D eigenvalue weighted by molar-refractivity contribution is 0.0970. The predicted octanol–water partition coefficient (Wildman–Crippen LogP) is 1.83. The summed E-state index contributed by atoms with van der Waals surface area (Å²) >= 11 is 0. The average molecular weight is 310 g/mol. The molecule has 0 atom stereocenters. The van der Waals surface area contributed by atoms with Crippen molar-refractivity contribution in [3.05, 3.63) is 46.3 Å². The van der Waals surface area contributed by atoms with Crippen LogP contribution in [0.5, 0.6) is 0 Å². The lowest BCUT2D eigenvalue weighted by atomic mass is 9.90. The third kappa shape index (κ3) is 2.55. The van der Waals surface area contributed by atoms with Crippen molar-refractivity contribution < 1.29 is 9.59 Å². The molecule has 1 aliphatic heterocycles. The maximum Gasteiger partial charge on any atom is 0.276 e. The first-order valence-electron chi connectivity index (χ1n) is 7.96. The van der Waals surface area contributed by atoms with Crippen molar-refractivity contribution in [2.45, 2.75) is 32.2 Å². The molecule has 1 aliphatic carbocycles. The molecule has 0 bridgehead atoms. The summed E-state index contributed by atoms with van der Waals surface area (Å²) in [5.74, 6) is -0.0851. The summed E-state index contributed by atoms with van der Waals surface area (Å²) in [5.41, 5.74) is 4.83. The van der Waals surface area contributed by atoms with E-state index in [0.717, 1.165) is 48.2 Å². The number of hydrogen-bond donors (Lipinski definition) is 3. The van der Waals surface area contributed by atoms with Crippen molar-refractivity contribution in [3.8, 4) is 0 Å². The first-order chi connectivity index (χ1) is 11.2. The molecule has 2 aromatic rings.